The summed E-state index contributed by atoms with van der Waals surface area (Å²) in [5.74, 6) is -1.63. The standard InChI is InChI=1S/C18H27N3O5S/c1-14(17(22)23)12-20(2)18(24)19-16-8-10-21(11-9-16)27(25,26)13-15-6-4-3-5-7-15/h3-7,14,16H,8-13H2,1-2H3,(H,19,24)(H,22,23). The second kappa shape index (κ2) is 9.18. The molecule has 150 valence electrons. The van der Waals surface area contributed by atoms with Crippen LogP contribution >= 0.6 is 0 Å². The van der Waals surface area contributed by atoms with Gasteiger partial charge in [-0.3, -0.25) is 4.79 Å². The van der Waals surface area contributed by atoms with Gasteiger partial charge in [0.2, 0.25) is 10.0 Å². The van der Waals surface area contributed by atoms with E-state index < -0.39 is 21.9 Å². The van der Waals surface area contributed by atoms with Gasteiger partial charge < -0.3 is 15.3 Å². The molecule has 0 aromatic heterocycles. The molecule has 1 unspecified atom stereocenters. The number of hydrogen-bond donors (Lipinski definition) is 2. The van der Waals surface area contributed by atoms with Crippen LogP contribution in [0.3, 0.4) is 0 Å². The maximum atomic E-state index is 12.6. The molecule has 2 amide bonds. The molecule has 9 heteroatoms. The fourth-order valence-electron chi connectivity index (χ4n) is 3.01. The zero-order chi connectivity index (χ0) is 20.0. The monoisotopic (exact) mass is 397 g/mol. The Balaban J connectivity index is 1.82. The van der Waals surface area contributed by atoms with Crippen molar-refractivity contribution in [3.8, 4) is 0 Å². The van der Waals surface area contributed by atoms with Gasteiger partial charge in [-0.05, 0) is 18.4 Å². The average Bonchev–Trinajstić information content (AvgIpc) is 2.62. The minimum atomic E-state index is -3.39. The van der Waals surface area contributed by atoms with Crippen molar-refractivity contribution in [3.05, 3.63) is 35.9 Å². The van der Waals surface area contributed by atoms with Crippen molar-refractivity contribution in [2.24, 2.45) is 5.92 Å². The maximum Gasteiger partial charge on any atom is 0.317 e. The Kier molecular flexibility index (Phi) is 7.20. The number of benzene rings is 1. The Morgan fingerprint density at radius 1 is 1.26 bits per heavy atom. The van der Waals surface area contributed by atoms with Crippen molar-refractivity contribution in [2.75, 3.05) is 26.7 Å². The van der Waals surface area contributed by atoms with Crippen LogP contribution in [0.25, 0.3) is 0 Å². The van der Waals surface area contributed by atoms with Gasteiger partial charge >= 0.3 is 12.0 Å². The van der Waals surface area contributed by atoms with Crippen molar-refractivity contribution < 1.29 is 23.1 Å². The molecule has 0 aliphatic carbocycles. The van der Waals surface area contributed by atoms with Crippen LogP contribution < -0.4 is 5.32 Å². The fraction of sp³-hybridized carbons (Fsp3) is 0.556. The molecule has 27 heavy (non-hydrogen) atoms. The van der Waals surface area contributed by atoms with E-state index in [2.05, 4.69) is 5.32 Å². The van der Waals surface area contributed by atoms with E-state index in [9.17, 15) is 18.0 Å². The highest BCUT2D eigenvalue weighted by Gasteiger charge is 2.29. The fourth-order valence-corrected chi connectivity index (χ4v) is 4.57. The second-order valence-electron chi connectivity index (χ2n) is 6.98. The van der Waals surface area contributed by atoms with E-state index in [4.69, 9.17) is 5.11 Å². The third-order valence-corrected chi connectivity index (χ3v) is 6.53. The van der Waals surface area contributed by atoms with Gasteiger partial charge in [-0.15, -0.1) is 0 Å². The number of piperidine rings is 1. The molecule has 1 fully saturated rings. The lowest BCUT2D eigenvalue weighted by atomic mass is 10.1. The minimum absolute atomic E-state index is 0.0271. The van der Waals surface area contributed by atoms with Crippen molar-refractivity contribution in [1.29, 1.82) is 0 Å². The summed E-state index contributed by atoms with van der Waals surface area (Å²) in [7, 11) is -1.84. The van der Waals surface area contributed by atoms with E-state index in [0.717, 1.165) is 5.56 Å². The van der Waals surface area contributed by atoms with Crippen LogP contribution in [0, 0.1) is 5.92 Å². The van der Waals surface area contributed by atoms with Gasteiger partial charge in [-0.1, -0.05) is 37.3 Å². The molecule has 2 N–H and O–H groups in total. The zero-order valence-corrected chi connectivity index (χ0v) is 16.5. The molecule has 1 aliphatic rings. The van der Waals surface area contributed by atoms with E-state index >= 15 is 0 Å². The third kappa shape index (κ3) is 6.21. The summed E-state index contributed by atoms with van der Waals surface area (Å²) >= 11 is 0. The Labute approximate surface area is 160 Å². The summed E-state index contributed by atoms with van der Waals surface area (Å²) in [5.41, 5.74) is 0.752. The number of amides is 2. The predicted octanol–water partition coefficient (Wildman–Crippen LogP) is 1.34. The number of hydrogen-bond acceptors (Lipinski definition) is 4. The average molecular weight is 397 g/mol. The summed E-state index contributed by atoms with van der Waals surface area (Å²) in [4.78, 5) is 24.4. The van der Waals surface area contributed by atoms with Crippen molar-refractivity contribution in [3.63, 3.8) is 0 Å². The van der Waals surface area contributed by atoms with Crippen molar-refractivity contribution >= 4 is 22.0 Å². The first kappa shape index (κ1) is 21.2. The maximum absolute atomic E-state index is 12.6. The normalized spacial score (nSPS) is 17.3. The first-order valence-corrected chi connectivity index (χ1v) is 10.6. The number of nitrogens with one attached hydrogen (secondary N) is 1. The van der Waals surface area contributed by atoms with Gasteiger partial charge in [-0.2, -0.15) is 0 Å². The molecule has 0 radical (unpaired) electrons. The van der Waals surface area contributed by atoms with E-state index in [1.807, 2.05) is 18.2 Å². The van der Waals surface area contributed by atoms with Gasteiger partial charge in [0.25, 0.3) is 0 Å². The largest absolute Gasteiger partial charge is 0.481 e. The molecule has 1 aliphatic heterocycles. The highest BCUT2D eigenvalue weighted by Crippen LogP contribution is 2.18. The third-order valence-electron chi connectivity index (χ3n) is 4.68. The molecule has 1 aromatic rings. The van der Waals surface area contributed by atoms with Crippen LogP contribution in [-0.4, -0.2) is 67.5 Å². The lowest BCUT2D eigenvalue weighted by Gasteiger charge is -2.32. The van der Waals surface area contributed by atoms with Crippen molar-refractivity contribution in [1.82, 2.24) is 14.5 Å². The van der Waals surface area contributed by atoms with Gasteiger partial charge in [0.05, 0.1) is 11.7 Å². The van der Waals surface area contributed by atoms with Gasteiger partial charge in [-0.25, -0.2) is 17.5 Å². The highest BCUT2D eigenvalue weighted by atomic mass is 32.2. The summed E-state index contributed by atoms with van der Waals surface area (Å²) < 4.78 is 26.6. The van der Waals surface area contributed by atoms with Crippen LogP contribution in [-0.2, 0) is 20.6 Å². The Morgan fingerprint density at radius 3 is 2.41 bits per heavy atom. The quantitative estimate of drug-likeness (QED) is 0.722. The Morgan fingerprint density at radius 2 is 1.85 bits per heavy atom. The number of carbonyl (C=O) groups is 2. The first-order chi connectivity index (χ1) is 12.7. The number of rotatable bonds is 7. The van der Waals surface area contributed by atoms with Crippen LogP contribution in [0.15, 0.2) is 30.3 Å². The van der Waals surface area contributed by atoms with Gasteiger partial charge in [0.1, 0.15) is 0 Å². The SMILES string of the molecule is CC(CN(C)C(=O)NC1CCN(S(=O)(=O)Cc2ccccc2)CC1)C(=O)O. The van der Waals surface area contributed by atoms with Gasteiger partial charge in [0.15, 0.2) is 0 Å². The summed E-state index contributed by atoms with van der Waals surface area (Å²) in [6, 6.07) is 8.59. The Bertz CT molecular complexity index is 746. The first-order valence-electron chi connectivity index (χ1n) is 8.95. The van der Waals surface area contributed by atoms with Crippen molar-refractivity contribution in [2.45, 2.75) is 31.6 Å². The number of carbonyl (C=O) groups excluding carboxylic acids is 1. The minimum Gasteiger partial charge on any atom is -0.481 e. The predicted molar refractivity (Wildman–Crippen MR) is 102 cm³/mol. The smallest absolute Gasteiger partial charge is 0.317 e. The van der Waals surface area contributed by atoms with Crippen LogP contribution in [0.1, 0.15) is 25.3 Å². The molecular weight excluding hydrogens is 370 g/mol. The van der Waals surface area contributed by atoms with Crippen LogP contribution in [0.5, 0.6) is 0 Å². The zero-order valence-electron chi connectivity index (χ0n) is 15.7. The number of urea groups is 1. The number of carboxylic acids is 1. The molecule has 2 rings (SSSR count). The molecule has 1 aromatic carbocycles. The Hall–Kier alpha value is -2.13. The van der Waals surface area contributed by atoms with E-state index in [-0.39, 0.29) is 24.4 Å². The molecule has 8 nitrogen and oxygen atoms in total. The molecule has 0 spiro atoms. The molecular formula is C18H27N3O5S. The van der Waals surface area contributed by atoms with E-state index in [1.54, 1.807) is 26.1 Å². The summed E-state index contributed by atoms with van der Waals surface area (Å²) in [5, 5.41) is 11.8. The molecule has 1 saturated heterocycles. The number of nitrogens with zero attached hydrogens (tertiary/aromatic N) is 2. The number of aliphatic carboxylic acids is 1. The molecule has 0 saturated carbocycles. The molecule has 1 heterocycles. The summed E-state index contributed by atoms with van der Waals surface area (Å²) in [6.45, 7) is 2.37. The van der Waals surface area contributed by atoms with Crippen LogP contribution in [0.2, 0.25) is 0 Å². The van der Waals surface area contributed by atoms with E-state index in [0.29, 0.717) is 25.9 Å². The number of sulfonamides is 1. The molecule has 1 atom stereocenters. The topological polar surface area (TPSA) is 107 Å². The van der Waals surface area contributed by atoms with Crippen LogP contribution in [0.4, 0.5) is 4.79 Å². The molecule has 0 bridgehead atoms. The summed E-state index contributed by atoms with van der Waals surface area (Å²) in [6.07, 6.45) is 1.06. The lowest BCUT2D eigenvalue weighted by molar-refractivity contribution is -0.141. The second-order valence-corrected chi connectivity index (χ2v) is 8.95. The number of carboxylic acid groups (broad SMARTS) is 1. The van der Waals surface area contributed by atoms with E-state index in [1.165, 1.54) is 9.21 Å². The van der Waals surface area contributed by atoms with Gasteiger partial charge in [0, 0.05) is 32.7 Å². The highest BCUT2D eigenvalue weighted by molar-refractivity contribution is 7.88. The lowest BCUT2D eigenvalue weighted by Crippen LogP contribution is -2.50.